The van der Waals surface area contributed by atoms with E-state index < -0.39 is 0 Å². The second kappa shape index (κ2) is 7.35. The summed E-state index contributed by atoms with van der Waals surface area (Å²) in [6.45, 7) is 5.24. The van der Waals surface area contributed by atoms with E-state index in [1.54, 1.807) is 30.3 Å². The number of benzene rings is 1. The molecule has 26 heavy (non-hydrogen) atoms. The topological polar surface area (TPSA) is 89.9 Å². The zero-order chi connectivity index (χ0) is 18.7. The molecule has 134 valence electrons. The van der Waals surface area contributed by atoms with Crippen LogP contribution >= 0.6 is 0 Å². The van der Waals surface area contributed by atoms with Crippen molar-refractivity contribution in [2.45, 2.75) is 20.4 Å². The Morgan fingerprint density at radius 1 is 1.15 bits per heavy atom. The van der Waals surface area contributed by atoms with Crippen LogP contribution in [0.15, 0.2) is 42.7 Å². The number of aryl methyl sites for hydroxylation is 2. The lowest BCUT2D eigenvalue weighted by molar-refractivity contribution is 0.0788. The molecule has 0 aliphatic heterocycles. The summed E-state index contributed by atoms with van der Waals surface area (Å²) in [6.07, 6.45) is 3.13. The van der Waals surface area contributed by atoms with Gasteiger partial charge in [-0.15, -0.1) is 0 Å². The van der Waals surface area contributed by atoms with Gasteiger partial charge >= 0.3 is 0 Å². The van der Waals surface area contributed by atoms with Crippen molar-refractivity contribution in [3.63, 3.8) is 0 Å². The summed E-state index contributed by atoms with van der Waals surface area (Å²) in [6, 6.07) is 9.36. The molecule has 2 aromatic heterocycles. The van der Waals surface area contributed by atoms with Crippen molar-refractivity contribution < 1.29 is 4.79 Å². The third-order valence-corrected chi connectivity index (χ3v) is 4.20. The monoisotopic (exact) mass is 350 g/mol. The molecular formula is C19H22N6O. The quantitative estimate of drug-likeness (QED) is 0.762. The first kappa shape index (κ1) is 17.6. The van der Waals surface area contributed by atoms with Crippen molar-refractivity contribution in [2.24, 2.45) is 0 Å². The number of aromatic nitrogens is 4. The van der Waals surface area contributed by atoms with E-state index in [1.807, 2.05) is 36.7 Å². The fourth-order valence-corrected chi connectivity index (χ4v) is 2.74. The van der Waals surface area contributed by atoms with Crippen molar-refractivity contribution in [2.75, 3.05) is 19.3 Å². The lowest BCUT2D eigenvalue weighted by atomic mass is 10.1. The molecule has 0 unspecified atom stereocenters. The molecular weight excluding hydrogens is 328 g/mol. The standard InChI is InChI=1S/C19H22N6O/c1-13-10-14(2)25(23-13)9-8-24(3)19(26)16-6-4-15(5-7-16)17-11-22-18(20)12-21-17/h4-7,10-12H,8-9H2,1-3H3,(H2,20,22). The highest BCUT2D eigenvalue weighted by Gasteiger charge is 2.13. The molecule has 0 spiro atoms. The summed E-state index contributed by atoms with van der Waals surface area (Å²) in [7, 11) is 1.80. The Morgan fingerprint density at radius 3 is 2.46 bits per heavy atom. The van der Waals surface area contributed by atoms with Crippen LogP contribution in [0.1, 0.15) is 21.7 Å². The Kier molecular flexibility index (Phi) is 4.97. The predicted octanol–water partition coefficient (Wildman–Crippen LogP) is 2.31. The summed E-state index contributed by atoms with van der Waals surface area (Å²) in [5.41, 5.74) is 9.87. The van der Waals surface area contributed by atoms with Gasteiger partial charge in [0.25, 0.3) is 5.91 Å². The number of hydrogen-bond donors (Lipinski definition) is 1. The largest absolute Gasteiger partial charge is 0.382 e. The molecule has 3 aromatic rings. The number of anilines is 1. The van der Waals surface area contributed by atoms with E-state index in [0.717, 1.165) is 22.6 Å². The van der Waals surface area contributed by atoms with E-state index in [9.17, 15) is 4.79 Å². The molecule has 1 amide bonds. The highest BCUT2D eigenvalue weighted by Crippen LogP contribution is 2.17. The molecule has 7 heteroatoms. The summed E-state index contributed by atoms with van der Waals surface area (Å²) >= 11 is 0. The minimum atomic E-state index is -0.0264. The fraction of sp³-hybridized carbons (Fsp3) is 0.263. The van der Waals surface area contributed by atoms with Crippen LogP contribution in [-0.4, -0.2) is 44.1 Å². The van der Waals surface area contributed by atoms with Crippen LogP contribution in [0, 0.1) is 13.8 Å². The van der Waals surface area contributed by atoms with Crippen molar-refractivity contribution in [3.8, 4) is 11.3 Å². The number of likely N-dealkylation sites (N-methyl/N-ethyl adjacent to an activating group) is 1. The number of rotatable bonds is 5. The predicted molar refractivity (Wildman–Crippen MR) is 101 cm³/mol. The molecule has 0 bridgehead atoms. The lowest BCUT2D eigenvalue weighted by Gasteiger charge is -2.18. The van der Waals surface area contributed by atoms with E-state index >= 15 is 0 Å². The van der Waals surface area contributed by atoms with Crippen LogP contribution in [0.25, 0.3) is 11.3 Å². The highest BCUT2D eigenvalue weighted by molar-refractivity contribution is 5.94. The van der Waals surface area contributed by atoms with Gasteiger partial charge in [0.05, 0.1) is 30.3 Å². The molecule has 2 heterocycles. The summed E-state index contributed by atoms with van der Waals surface area (Å²) in [4.78, 5) is 22.6. The van der Waals surface area contributed by atoms with Gasteiger partial charge in [-0.2, -0.15) is 5.10 Å². The molecule has 0 aliphatic rings. The third-order valence-electron chi connectivity index (χ3n) is 4.20. The van der Waals surface area contributed by atoms with Crippen LogP contribution in [0.2, 0.25) is 0 Å². The van der Waals surface area contributed by atoms with Gasteiger partial charge < -0.3 is 10.6 Å². The van der Waals surface area contributed by atoms with E-state index in [2.05, 4.69) is 15.1 Å². The fourth-order valence-electron chi connectivity index (χ4n) is 2.74. The number of nitrogen functional groups attached to an aromatic ring is 1. The van der Waals surface area contributed by atoms with Gasteiger partial charge in [-0.25, -0.2) is 4.98 Å². The van der Waals surface area contributed by atoms with Gasteiger partial charge in [-0.05, 0) is 32.0 Å². The van der Waals surface area contributed by atoms with Crippen molar-refractivity contribution in [3.05, 3.63) is 59.7 Å². The van der Waals surface area contributed by atoms with E-state index in [1.165, 1.54) is 6.20 Å². The molecule has 0 aliphatic carbocycles. The van der Waals surface area contributed by atoms with E-state index in [-0.39, 0.29) is 5.91 Å². The summed E-state index contributed by atoms with van der Waals surface area (Å²) in [5, 5.41) is 4.42. The zero-order valence-electron chi connectivity index (χ0n) is 15.2. The first-order valence-corrected chi connectivity index (χ1v) is 8.38. The van der Waals surface area contributed by atoms with Crippen LogP contribution in [-0.2, 0) is 6.54 Å². The Labute approximate surface area is 152 Å². The SMILES string of the molecule is Cc1cc(C)n(CCN(C)C(=O)c2ccc(-c3cnc(N)cn3)cc2)n1. The average molecular weight is 350 g/mol. The van der Waals surface area contributed by atoms with Crippen molar-refractivity contribution in [1.82, 2.24) is 24.6 Å². The van der Waals surface area contributed by atoms with Crippen LogP contribution in [0.5, 0.6) is 0 Å². The number of carbonyl (C=O) groups is 1. The first-order valence-electron chi connectivity index (χ1n) is 8.38. The van der Waals surface area contributed by atoms with Gasteiger partial charge in [0.1, 0.15) is 5.82 Å². The molecule has 0 saturated carbocycles. The maximum absolute atomic E-state index is 12.6. The van der Waals surface area contributed by atoms with Gasteiger partial charge in [-0.1, -0.05) is 12.1 Å². The molecule has 0 saturated heterocycles. The molecule has 1 aromatic carbocycles. The van der Waals surface area contributed by atoms with Crippen LogP contribution in [0.4, 0.5) is 5.82 Å². The Balaban J connectivity index is 1.65. The first-order chi connectivity index (χ1) is 12.4. The molecule has 2 N–H and O–H groups in total. The molecule has 0 atom stereocenters. The number of nitrogens with zero attached hydrogens (tertiary/aromatic N) is 5. The highest BCUT2D eigenvalue weighted by atomic mass is 16.2. The number of hydrogen-bond acceptors (Lipinski definition) is 5. The zero-order valence-corrected chi connectivity index (χ0v) is 15.2. The Bertz CT molecular complexity index is 899. The maximum atomic E-state index is 12.6. The van der Waals surface area contributed by atoms with Gasteiger partial charge in [0.2, 0.25) is 0 Å². The number of carbonyl (C=O) groups excluding carboxylic acids is 1. The summed E-state index contributed by atoms with van der Waals surface area (Å²) < 4.78 is 1.92. The normalized spacial score (nSPS) is 10.7. The van der Waals surface area contributed by atoms with Crippen molar-refractivity contribution in [1.29, 1.82) is 0 Å². The minimum Gasteiger partial charge on any atom is -0.382 e. The molecule has 7 nitrogen and oxygen atoms in total. The summed E-state index contributed by atoms with van der Waals surface area (Å²) in [5.74, 6) is 0.353. The third kappa shape index (κ3) is 3.88. The smallest absolute Gasteiger partial charge is 0.253 e. The molecule has 3 rings (SSSR count). The van der Waals surface area contributed by atoms with Crippen LogP contribution < -0.4 is 5.73 Å². The second-order valence-electron chi connectivity index (χ2n) is 6.28. The van der Waals surface area contributed by atoms with Gasteiger partial charge in [0, 0.05) is 30.4 Å². The second-order valence-corrected chi connectivity index (χ2v) is 6.28. The Morgan fingerprint density at radius 2 is 1.88 bits per heavy atom. The van der Waals surface area contributed by atoms with Crippen LogP contribution in [0.3, 0.4) is 0 Å². The average Bonchev–Trinajstić information content (AvgIpc) is 2.97. The molecule has 0 radical (unpaired) electrons. The van der Waals surface area contributed by atoms with E-state index in [0.29, 0.717) is 24.5 Å². The minimum absolute atomic E-state index is 0.0264. The van der Waals surface area contributed by atoms with Gasteiger partial charge in [0.15, 0.2) is 0 Å². The number of nitrogens with two attached hydrogens (primary N) is 1. The van der Waals surface area contributed by atoms with E-state index in [4.69, 9.17) is 5.73 Å². The molecule has 0 fully saturated rings. The lowest BCUT2D eigenvalue weighted by Crippen LogP contribution is -2.30. The maximum Gasteiger partial charge on any atom is 0.253 e. The Hall–Kier alpha value is -3.22. The number of amides is 1. The van der Waals surface area contributed by atoms with Crippen molar-refractivity contribution >= 4 is 11.7 Å². The van der Waals surface area contributed by atoms with Gasteiger partial charge in [-0.3, -0.25) is 14.5 Å².